The van der Waals surface area contributed by atoms with Crippen LogP contribution >= 0.6 is 23.4 Å². The number of nitrogens with one attached hydrogen (secondary N) is 1. The number of hydrogen-bond donors (Lipinski definition) is 1. The first-order chi connectivity index (χ1) is 14.7. The van der Waals surface area contributed by atoms with Gasteiger partial charge in [-0.05, 0) is 44.9 Å². The van der Waals surface area contributed by atoms with E-state index in [9.17, 15) is 14.0 Å². The van der Waals surface area contributed by atoms with Crippen molar-refractivity contribution in [1.29, 1.82) is 0 Å². The van der Waals surface area contributed by atoms with Crippen molar-refractivity contribution in [3.63, 3.8) is 0 Å². The molecular weight excluding hydrogens is 435 g/mol. The fourth-order valence-electron chi connectivity index (χ4n) is 3.05. The number of hydrogen-bond acceptors (Lipinski definition) is 3. The number of amides is 2. The second-order valence-corrected chi connectivity index (χ2v) is 9.09. The third kappa shape index (κ3) is 7.54. The minimum absolute atomic E-state index is 0.0310. The maximum Gasteiger partial charge on any atom is 0.242 e. The van der Waals surface area contributed by atoms with Gasteiger partial charge in [0.2, 0.25) is 11.8 Å². The van der Waals surface area contributed by atoms with E-state index < -0.39 is 6.04 Å². The van der Waals surface area contributed by atoms with Crippen molar-refractivity contribution in [2.45, 2.75) is 58.5 Å². The molecule has 0 aromatic heterocycles. The lowest BCUT2D eigenvalue weighted by atomic mass is 10.1. The lowest BCUT2D eigenvalue weighted by Crippen LogP contribution is -2.50. The van der Waals surface area contributed by atoms with Gasteiger partial charge < -0.3 is 10.2 Å². The molecule has 2 amide bonds. The summed E-state index contributed by atoms with van der Waals surface area (Å²) in [6, 6.07) is 11.8. The quantitative estimate of drug-likeness (QED) is 0.515. The maximum absolute atomic E-state index is 14.0. The topological polar surface area (TPSA) is 49.4 Å². The predicted molar refractivity (Wildman–Crippen MR) is 127 cm³/mol. The van der Waals surface area contributed by atoms with Crippen LogP contribution in [0.3, 0.4) is 0 Å². The number of halogens is 2. The Balaban J connectivity index is 2.12. The van der Waals surface area contributed by atoms with Gasteiger partial charge in [-0.1, -0.05) is 54.4 Å². The minimum Gasteiger partial charge on any atom is -0.352 e. The third-order valence-corrected chi connectivity index (χ3v) is 6.44. The Morgan fingerprint density at radius 2 is 1.90 bits per heavy atom. The van der Waals surface area contributed by atoms with Gasteiger partial charge in [-0.15, -0.1) is 11.8 Å². The molecule has 31 heavy (non-hydrogen) atoms. The highest BCUT2D eigenvalue weighted by molar-refractivity contribution is 7.99. The van der Waals surface area contributed by atoms with Crippen molar-refractivity contribution in [2.75, 3.05) is 5.75 Å². The van der Waals surface area contributed by atoms with Crippen LogP contribution in [0.15, 0.2) is 42.5 Å². The van der Waals surface area contributed by atoms with Crippen LogP contribution < -0.4 is 5.32 Å². The lowest BCUT2D eigenvalue weighted by Gasteiger charge is -2.29. The summed E-state index contributed by atoms with van der Waals surface area (Å²) in [5.41, 5.74) is 2.43. The van der Waals surface area contributed by atoms with Gasteiger partial charge in [-0.25, -0.2) is 4.39 Å². The number of benzene rings is 2. The van der Waals surface area contributed by atoms with Crippen molar-refractivity contribution in [3.05, 3.63) is 70.0 Å². The van der Waals surface area contributed by atoms with E-state index in [0.717, 1.165) is 17.5 Å². The Hall–Kier alpha value is -2.05. The molecule has 0 aliphatic carbocycles. The Bertz CT molecular complexity index is 889. The maximum atomic E-state index is 14.0. The molecule has 168 valence electrons. The Morgan fingerprint density at radius 3 is 2.55 bits per heavy atom. The molecule has 4 nitrogen and oxygen atoms in total. The van der Waals surface area contributed by atoms with Gasteiger partial charge >= 0.3 is 0 Å². The molecule has 0 heterocycles. The van der Waals surface area contributed by atoms with Crippen LogP contribution in [0.2, 0.25) is 5.02 Å². The number of carbonyl (C=O) groups is 2. The molecule has 1 N–H and O–H groups in total. The normalized spacial score (nSPS) is 12.8. The summed E-state index contributed by atoms with van der Waals surface area (Å²) in [5.74, 6) is -0.339. The van der Waals surface area contributed by atoms with Crippen LogP contribution in [0.1, 0.15) is 43.9 Å². The Labute approximate surface area is 193 Å². The zero-order valence-corrected chi connectivity index (χ0v) is 20.0. The van der Waals surface area contributed by atoms with Crippen LogP contribution in [0.4, 0.5) is 4.39 Å². The van der Waals surface area contributed by atoms with Crippen molar-refractivity contribution < 1.29 is 14.0 Å². The summed E-state index contributed by atoms with van der Waals surface area (Å²) in [5, 5.41) is 3.30. The van der Waals surface area contributed by atoms with Gasteiger partial charge in [0.05, 0.1) is 5.75 Å². The average Bonchev–Trinajstić information content (AvgIpc) is 2.73. The van der Waals surface area contributed by atoms with Crippen molar-refractivity contribution in [1.82, 2.24) is 10.2 Å². The molecule has 2 rings (SSSR count). The molecule has 0 saturated heterocycles. The van der Waals surface area contributed by atoms with E-state index in [-0.39, 0.29) is 35.2 Å². The third-order valence-electron chi connectivity index (χ3n) is 5.14. The molecule has 0 spiro atoms. The molecule has 0 unspecified atom stereocenters. The van der Waals surface area contributed by atoms with Gasteiger partial charge in [-0.3, -0.25) is 9.59 Å². The van der Waals surface area contributed by atoms with E-state index in [1.807, 2.05) is 45.0 Å². The zero-order chi connectivity index (χ0) is 23.0. The van der Waals surface area contributed by atoms with Gasteiger partial charge in [0.1, 0.15) is 11.9 Å². The zero-order valence-electron chi connectivity index (χ0n) is 18.5. The van der Waals surface area contributed by atoms with Gasteiger partial charge in [0, 0.05) is 28.9 Å². The first-order valence-corrected chi connectivity index (χ1v) is 11.9. The summed E-state index contributed by atoms with van der Waals surface area (Å²) >= 11 is 7.37. The number of rotatable bonds is 10. The monoisotopic (exact) mass is 464 g/mol. The number of carbonyl (C=O) groups excluding carboxylic acids is 2. The summed E-state index contributed by atoms with van der Waals surface area (Å²) in [7, 11) is 0. The van der Waals surface area contributed by atoms with E-state index in [1.165, 1.54) is 17.8 Å². The van der Waals surface area contributed by atoms with Crippen LogP contribution in [0.25, 0.3) is 0 Å². The number of nitrogens with zero attached hydrogens (tertiary/aromatic N) is 1. The lowest BCUT2D eigenvalue weighted by molar-refractivity contribution is -0.138. The van der Waals surface area contributed by atoms with E-state index >= 15 is 0 Å². The van der Waals surface area contributed by atoms with Crippen molar-refractivity contribution in [2.24, 2.45) is 0 Å². The molecule has 2 aromatic carbocycles. The molecule has 2 aromatic rings. The van der Waals surface area contributed by atoms with Gasteiger partial charge in [-0.2, -0.15) is 0 Å². The Morgan fingerprint density at radius 1 is 1.19 bits per heavy atom. The summed E-state index contributed by atoms with van der Waals surface area (Å²) < 4.78 is 14.0. The van der Waals surface area contributed by atoms with Crippen LogP contribution in [0.5, 0.6) is 0 Å². The molecule has 0 saturated carbocycles. The molecule has 0 bridgehead atoms. The highest BCUT2D eigenvalue weighted by atomic mass is 35.5. The van der Waals surface area contributed by atoms with Crippen LogP contribution in [-0.2, 0) is 21.9 Å². The van der Waals surface area contributed by atoms with Gasteiger partial charge in [0.15, 0.2) is 0 Å². The molecule has 7 heteroatoms. The number of aryl methyl sites for hydroxylation is 1. The standard InChI is InChI=1S/C24H30ClFN2O2S/c1-5-17(3)27-24(30)18(4)28(13-19-9-6-8-16(2)12-19)23(29)15-31-14-20-21(25)10-7-11-22(20)26/h6-12,17-18H,5,13-15H2,1-4H3,(H,27,30)/t17-,18+/m1/s1. The second-order valence-electron chi connectivity index (χ2n) is 7.70. The van der Waals surface area contributed by atoms with Crippen molar-refractivity contribution in [3.8, 4) is 0 Å². The smallest absolute Gasteiger partial charge is 0.242 e. The summed E-state index contributed by atoms with van der Waals surface area (Å²) in [6.07, 6.45) is 0.809. The highest BCUT2D eigenvalue weighted by Gasteiger charge is 2.26. The fourth-order valence-corrected chi connectivity index (χ4v) is 4.30. The highest BCUT2D eigenvalue weighted by Crippen LogP contribution is 2.24. The molecule has 0 aliphatic heterocycles. The molecule has 2 atom stereocenters. The fraction of sp³-hybridized carbons (Fsp3) is 0.417. The molecular formula is C24H30ClFN2O2S. The molecule has 0 fully saturated rings. The van der Waals surface area contributed by atoms with Crippen LogP contribution in [0, 0.1) is 12.7 Å². The first kappa shape index (κ1) is 25.2. The Kier molecular flexibility index (Phi) is 9.85. The predicted octanol–water partition coefficient (Wildman–Crippen LogP) is 5.35. The number of thioether (sulfide) groups is 1. The molecule has 0 radical (unpaired) electrons. The minimum atomic E-state index is -0.625. The largest absolute Gasteiger partial charge is 0.352 e. The van der Waals surface area contributed by atoms with E-state index in [4.69, 9.17) is 11.6 Å². The summed E-state index contributed by atoms with van der Waals surface area (Å²) in [4.78, 5) is 27.4. The first-order valence-electron chi connectivity index (χ1n) is 10.4. The van der Waals surface area contributed by atoms with E-state index in [1.54, 1.807) is 24.0 Å². The van der Waals surface area contributed by atoms with E-state index in [0.29, 0.717) is 17.1 Å². The molecule has 0 aliphatic rings. The summed E-state index contributed by atoms with van der Waals surface area (Å²) in [6.45, 7) is 7.99. The van der Waals surface area contributed by atoms with E-state index in [2.05, 4.69) is 5.32 Å². The van der Waals surface area contributed by atoms with Crippen molar-refractivity contribution >= 4 is 35.2 Å². The second kappa shape index (κ2) is 12.1. The van der Waals surface area contributed by atoms with Crippen LogP contribution in [-0.4, -0.2) is 34.6 Å². The SMILES string of the molecule is CC[C@@H](C)NC(=O)[C@H](C)N(Cc1cccc(C)c1)C(=O)CSCc1c(F)cccc1Cl. The average molecular weight is 465 g/mol. The van der Waals surface area contributed by atoms with Gasteiger partial charge in [0.25, 0.3) is 0 Å².